The molecule has 86 valence electrons. The van der Waals surface area contributed by atoms with Crippen molar-refractivity contribution < 1.29 is 4.79 Å². The molecular formula is C13H18N2O. The first-order chi connectivity index (χ1) is 7.54. The summed E-state index contributed by atoms with van der Waals surface area (Å²) < 4.78 is 0. The average Bonchev–Trinajstić information content (AvgIpc) is 2.54. The van der Waals surface area contributed by atoms with Gasteiger partial charge in [-0.2, -0.15) is 0 Å². The molecule has 2 unspecified atom stereocenters. The van der Waals surface area contributed by atoms with Crippen LogP contribution in [0, 0.1) is 6.92 Å². The van der Waals surface area contributed by atoms with E-state index in [1.807, 2.05) is 20.8 Å². The third-order valence-electron chi connectivity index (χ3n) is 3.26. The second kappa shape index (κ2) is 3.91. The average molecular weight is 218 g/mol. The number of carbonyl (C=O) groups is 1. The normalized spacial score (nSPS) is 20.5. The van der Waals surface area contributed by atoms with Crippen LogP contribution in [-0.4, -0.2) is 5.91 Å². The number of nitrogens with one attached hydrogen (secondary N) is 1. The predicted octanol–water partition coefficient (Wildman–Crippen LogP) is 2.46. The van der Waals surface area contributed by atoms with E-state index in [4.69, 9.17) is 5.73 Å². The molecule has 1 aromatic carbocycles. The Bertz CT molecular complexity index is 438. The van der Waals surface area contributed by atoms with Crippen molar-refractivity contribution in [1.82, 2.24) is 0 Å². The third-order valence-corrected chi connectivity index (χ3v) is 3.26. The lowest BCUT2D eigenvalue weighted by Gasteiger charge is -2.12. The van der Waals surface area contributed by atoms with Gasteiger partial charge in [0.05, 0.1) is 5.92 Å². The van der Waals surface area contributed by atoms with E-state index in [9.17, 15) is 4.79 Å². The Labute approximate surface area is 96.0 Å². The largest absolute Gasteiger partial charge is 0.325 e. The Kier molecular flexibility index (Phi) is 2.72. The van der Waals surface area contributed by atoms with Crippen molar-refractivity contribution in [3.63, 3.8) is 0 Å². The number of benzene rings is 1. The number of carbonyl (C=O) groups excluding carboxylic acids is 1. The monoisotopic (exact) mass is 218 g/mol. The first kappa shape index (κ1) is 11.1. The van der Waals surface area contributed by atoms with Crippen LogP contribution in [0.15, 0.2) is 12.1 Å². The van der Waals surface area contributed by atoms with Crippen molar-refractivity contribution in [1.29, 1.82) is 0 Å². The Morgan fingerprint density at radius 1 is 1.50 bits per heavy atom. The van der Waals surface area contributed by atoms with E-state index >= 15 is 0 Å². The number of hydrogen-bond acceptors (Lipinski definition) is 2. The minimum Gasteiger partial charge on any atom is -0.325 e. The van der Waals surface area contributed by atoms with Crippen LogP contribution in [0.5, 0.6) is 0 Å². The Balaban J connectivity index is 2.55. The van der Waals surface area contributed by atoms with Crippen molar-refractivity contribution in [2.45, 2.75) is 39.2 Å². The number of aryl methyl sites for hydroxylation is 1. The molecule has 0 bridgehead atoms. The fourth-order valence-electron chi connectivity index (χ4n) is 2.31. The van der Waals surface area contributed by atoms with Gasteiger partial charge in [-0.15, -0.1) is 0 Å². The summed E-state index contributed by atoms with van der Waals surface area (Å²) in [7, 11) is 0. The fourth-order valence-corrected chi connectivity index (χ4v) is 2.31. The molecule has 16 heavy (non-hydrogen) atoms. The molecule has 3 nitrogen and oxygen atoms in total. The first-order valence-electron chi connectivity index (χ1n) is 5.75. The number of hydrogen-bond donors (Lipinski definition) is 2. The molecule has 0 saturated heterocycles. The number of amides is 1. The molecule has 1 amide bonds. The zero-order valence-corrected chi connectivity index (χ0v) is 10.0. The molecule has 0 aromatic heterocycles. The fraction of sp³-hybridized carbons (Fsp3) is 0.462. The third kappa shape index (κ3) is 1.61. The maximum atomic E-state index is 11.8. The molecule has 0 spiro atoms. The summed E-state index contributed by atoms with van der Waals surface area (Å²) in [6.45, 7) is 6.02. The molecule has 0 radical (unpaired) electrons. The summed E-state index contributed by atoms with van der Waals surface area (Å²) in [5.74, 6) is 0.106. The molecule has 1 heterocycles. The standard InChI is InChI=1S/C13H18N2O/c1-4-10-11-6-9(8(3)14)5-7(2)12(11)15-13(10)16/h5-6,8,10H,4,14H2,1-3H3,(H,15,16). The molecule has 2 atom stereocenters. The van der Waals surface area contributed by atoms with E-state index < -0.39 is 0 Å². The lowest BCUT2D eigenvalue weighted by molar-refractivity contribution is -0.117. The van der Waals surface area contributed by atoms with Gasteiger partial charge in [-0.3, -0.25) is 4.79 Å². The first-order valence-corrected chi connectivity index (χ1v) is 5.75. The Hall–Kier alpha value is -1.35. The minimum atomic E-state index is -0.00704. The maximum Gasteiger partial charge on any atom is 0.232 e. The van der Waals surface area contributed by atoms with Gasteiger partial charge < -0.3 is 11.1 Å². The van der Waals surface area contributed by atoms with Crippen LogP contribution in [-0.2, 0) is 4.79 Å². The molecular weight excluding hydrogens is 200 g/mol. The van der Waals surface area contributed by atoms with Gasteiger partial charge in [0, 0.05) is 11.7 Å². The number of fused-ring (bicyclic) bond motifs is 1. The summed E-state index contributed by atoms with van der Waals surface area (Å²) in [6.07, 6.45) is 0.834. The van der Waals surface area contributed by atoms with Crippen LogP contribution < -0.4 is 11.1 Å². The highest BCUT2D eigenvalue weighted by Crippen LogP contribution is 2.38. The zero-order valence-electron chi connectivity index (χ0n) is 10.0. The summed E-state index contributed by atoms with van der Waals surface area (Å²) in [5, 5.41) is 2.95. The van der Waals surface area contributed by atoms with Gasteiger partial charge in [-0.1, -0.05) is 19.1 Å². The van der Waals surface area contributed by atoms with Gasteiger partial charge in [-0.05, 0) is 37.0 Å². The summed E-state index contributed by atoms with van der Waals surface area (Å²) in [5.41, 5.74) is 10.2. The van der Waals surface area contributed by atoms with E-state index in [0.29, 0.717) is 0 Å². The van der Waals surface area contributed by atoms with Crippen LogP contribution in [0.1, 0.15) is 48.9 Å². The van der Waals surface area contributed by atoms with Crippen molar-refractivity contribution in [2.24, 2.45) is 5.73 Å². The molecule has 1 aliphatic rings. The highest BCUT2D eigenvalue weighted by Gasteiger charge is 2.30. The molecule has 0 aliphatic carbocycles. The lowest BCUT2D eigenvalue weighted by Crippen LogP contribution is -2.10. The maximum absolute atomic E-state index is 11.8. The molecule has 3 N–H and O–H groups in total. The van der Waals surface area contributed by atoms with E-state index in [2.05, 4.69) is 17.4 Å². The van der Waals surface area contributed by atoms with Gasteiger partial charge in [-0.25, -0.2) is 0 Å². The van der Waals surface area contributed by atoms with Crippen LogP contribution in [0.4, 0.5) is 5.69 Å². The topological polar surface area (TPSA) is 55.1 Å². The predicted molar refractivity (Wildman–Crippen MR) is 65.4 cm³/mol. The zero-order chi connectivity index (χ0) is 11.9. The van der Waals surface area contributed by atoms with Crippen molar-refractivity contribution >= 4 is 11.6 Å². The van der Waals surface area contributed by atoms with Gasteiger partial charge in [0.25, 0.3) is 0 Å². The van der Waals surface area contributed by atoms with Crippen molar-refractivity contribution in [2.75, 3.05) is 5.32 Å². The Morgan fingerprint density at radius 2 is 2.19 bits per heavy atom. The highest BCUT2D eigenvalue weighted by molar-refractivity contribution is 6.03. The van der Waals surface area contributed by atoms with E-state index in [-0.39, 0.29) is 17.9 Å². The quantitative estimate of drug-likeness (QED) is 0.801. The molecule has 0 saturated carbocycles. The smallest absolute Gasteiger partial charge is 0.232 e. The van der Waals surface area contributed by atoms with Crippen molar-refractivity contribution in [3.05, 3.63) is 28.8 Å². The summed E-state index contributed by atoms with van der Waals surface area (Å²) in [6, 6.07) is 4.14. The summed E-state index contributed by atoms with van der Waals surface area (Å²) >= 11 is 0. The molecule has 0 fully saturated rings. The second-order valence-corrected chi connectivity index (χ2v) is 4.54. The van der Waals surface area contributed by atoms with Gasteiger partial charge >= 0.3 is 0 Å². The van der Waals surface area contributed by atoms with Crippen LogP contribution in [0.25, 0.3) is 0 Å². The number of nitrogens with two attached hydrogens (primary N) is 1. The lowest BCUT2D eigenvalue weighted by atomic mass is 9.93. The number of rotatable bonds is 2. The summed E-state index contributed by atoms with van der Waals surface area (Å²) in [4.78, 5) is 11.8. The second-order valence-electron chi connectivity index (χ2n) is 4.54. The molecule has 1 aromatic rings. The van der Waals surface area contributed by atoms with E-state index in [0.717, 1.165) is 28.8 Å². The van der Waals surface area contributed by atoms with E-state index in [1.54, 1.807) is 0 Å². The highest BCUT2D eigenvalue weighted by atomic mass is 16.2. The molecule has 3 heteroatoms. The van der Waals surface area contributed by atoms with E-state index in [1.165, 1.54) is 0 Å². The number of anilines is 1. The van der Waals surface area contributed by atoms with Crippen LogP contribution >= 0.6 is 0 Å². The molecule has 2 rings (SSSR count). The molecule has 1 aliphatic heterocycles. The van der Waals surface area contributed by atoms with Gasteiger partial charge in [0.2, 0.25) is 5.91 Å². The van der Waals surface area contributed by atoms with Crippen LogP contribution in [0.3, 0.4) is 0 Å². The Morgan fingerprint density at radius 3 is 2.75 bits per heavy atom. The van der Waals surface area contributed by atoms with Gasteiger partial charge in [0.15, 0.2) is 0 Å². The minimum absolute atomic E-state index is 0.00704. The SMILES string of the molecule is CCC1C(=O)Nc2c(C)cc(C(C)N)cc21. The van der Waals surface area contributed by atoms with Gasteiger partial charge in [0.1, 0.15) is 0 Å². The van der Waals surface area contributed by atoms with Crippen molar-refractivity contribution in [3.8, 4) is 0 Å². The van der Waals surface area contributed by atoms with Crippen LogP contribution in [0.2, 0.25) is 0 Å².